The Morgan fingerprint density at radius 1 is 1.18 bits per heavy atom. The summed E-state index contributed by atoms with van der Waals surface area (Å²) in [6.07, 6.45) is -4.82. The van der Waals surface area contributed by atoms with Crippen molar-refractivity contribution in [3.8, 4) is 0 Å². The van der Waals surface area contributed by atoms with Crippen LogP contribution < -0.4 is 4.90 Å². The molecule has 0 atom stereocenters. The average molecular weight is 393 g/mol. The molecule has 9 heteroatoms. The van der Waals surface area contributed by atoms with E-state index < -0.39 is 18.1 Å². The molecule has 0 aliphatic heterocycles. The van der Waals surface area contributed by atoms with E-state index in [1.54, 1.807) is 6.92 Å². The fraction of sp³-hybridized carbons (Fsp3) is 0.263. The zero-order valence-corrected chi connectivity index (χ0v) is 15.0. The predicted octanol–water partition coefficient (Wildman–Crippen LogP) is 4.72. The lowest BCUT2D eigenvalue weighted by Gasteiger charge is -2.21. The predicted molar refractivity (Wildman–Crippen MR) is 96.7 cm³/mol. The molecule has 1 aromatic heterocycles. The van der Waals surface area contributed by atoms with Gasteiger partial charge in [-0.15, -0.1) is 0 Å². The van der Waals surface area contributed by atoms with Crippen molar-refractivity contribution >= 4 is 22.8 Å². The summed E-state index contributed by atoms with van der Waals surface area (Å²) in [5, 5.41) is 0. The maximum absolute atomic E-state index is 12.9. The third kappa shape index (κ3) is 4.61. The fourth-order valence-electron chi connectivity index (χ4n) is 2.67. The van der Waals surface area contributed by atoms with Crippen molar-refractivity contribution in [2.45, 2.75) is 19.5 Å². The Labute approximate surface area is 158 Å². The number of anilines is 1. The molecule has 0 fully saturated rings. The Hall–Kier alpha value is -3.07. The number of alkyl halides is 3. The molecule has 1 heterocycles. The molecule has 0 bridgehead atoms. The number of carbonyl (C=O) groups excluding carboxylic acids is 1. The van der Waals surface area contributed by atoms with Crippen LogP contribution in [0, 0.1) is 0 Å². The molecule has 0 saturated carbocycles. The largest absolute Gasteiger partial charge is 0.449 e. The first kappa shape index (κ1) is 19.7. The van der Waals surface area contributed by atoms with E-state index in [0.29, 0.717) is 12.1 Å². The van der Waals surface area contributed by atoms with E-state index in [0.717, 1.165) is 5.56 Å². The highest BCUT2D eigenvalue weighted by Crippen LogP contribution is 2.30. The highest BCUT2D eigenvalue weighted by Gasteiger charge is 2.34. The van der Waals surface area contributed by atoms with E-state index in [2.05, 4.69) is 9.97 Å². The number of halogens is 3. The maximum atomic E-state index is 12.9. The Morgan fingerprint density at radius 2 is 1.93 bits per heavy atom. The number of H-pyrrole nitrogens is 1. The Kier molecular flexibility index (Phi) is 5.84. The summed E-state index contributed by atoms with van der Waals surface area (Å²) in [5.41, 5.74) is 1.68. The summed E-state index contributed by atoms with van der Waals surface area (Å²) in [6, 6.07) is 13.8. The lowest BCUT2D eigenvalue weighted by Crippen LogP contribution is -2.33. The van der Waals surface area contributed by atoms with Gasteiger partial charge >= 0.3 is 12.3 Å². The number of amides is 1. The maximum Gasteiger partial charge on any atom is 0.449 e. The normalized spacial score (nSPS) is 11.6. The van der Waals surface area contributed by atoms with Crippen molar-refractivity contribution in [3.05, 3.63) is 59.9 Å². The summed E-state index contributed by atoms with van der Waals surface area (Å²) >= 11 is 0. The van der Waals surface area contributed by atoms with Gasteiger partial charge in [-0.1, -0.05) is 30.3 Å². The Balaban J connectivity index is 1.88. The van der Waals surface area contributed by atoms with Crippen LogP contribution in [0.2, 0.25) is 0 Å². The first-order valence-corrected chi connectivity index (χ1v) is 8.60. The van der Waals surface area contributed by atoms with Gasteiger partial charge in [0.1, 0.15) is 0 Å². The van der Waals surface area contributed by atoms with Crippen molar-refractivity contribution in [2.75, 3.05) is 18.1 Å². The van der Waals surface area contributed by atoms with Crippen LogP contribution in [-0.2, 0) is 22.4 Å². The van der Waals surface area contributed by atoms with Crippen LogP contribution in [-0.4, -0.2) is 29.2 Å². The van der Waals surface area contributed by atoms with Crippen molar-refractivity contribution in [1.29, 1.82) is 0 Å². The number of hydrogen-bond donors (Lipinski definition) is 1. The van der Waals surface area contributed by atoms with Crippen LogP contribution in [0.15, 0.2) is 48.5 Å². The van der Waals surface area contributed by atoms with E-state index in [-0.39, 0.29) is 24.2 Å². The Morgan fingerprint density at radius 3 is 2.61 bits per heavy atom. The average Bonchev–Trinajstić information content (AvgIpc) is 3.11. The van der Waals surface area contributed by atoms with E-state index in [4.69, 9.17) is 9.78 Å². The number of fused-ring (bicyclic) bond motifs is 1. The number of rotatable bonds is 6. The second-order valence-electron chi connectivity index (χ2n) is 5.93. The quantitative estimate of drug-likeness (QED) is 0.486. The van der Waals surface area contributed by atoms with Crippen LogP contribution >= 0.6 is 0 Å². The third-order valence-electron chi connectivity index (χ3n) is 3.98. The van der Waals surface area contributed by atoms with Gasteiger partial charge in [-0.2, -0.15) is 18.1 Å². The topological polar surface area (TPSA) is 67.5 Å². The van der Waals surface area contributed by atoms with Crippen molar-refractivity contribution < 1.29 is 27.7 Å². The molecule has 2 aromatic carbocycles. The second kappa shape index (κ2) is 8.30. The molecule has 0 saturated heterocycles. The van der Waals surface area contributed by atoms with Gasteiger partial charge in [0, 0.05) is 12.2 Å². The van der Waals surface area contributed by atoms with Crippen LogP contribution in [0.1, 0.15) is 18.3 Å². The molecule has 0 radical (unpaired) electrons. The number of hydrogen-bond acceptors (Lipinski definition) is 4. The van der Waals surface area contributed by atoms with Gasteiger partial charge < -0.3 is 4.98 Å². The molecule has 0 aliphatic carbocycles. The lowest BCUT2D eigenvalue weighted by molar-refractivity contribution is -0.232. The number of aromatic nitrogens is 2. The van der Waals surface area contributed by atoms with Crippen LogP contribution in [0.3, 0.4) is 0 Å². The molecule has 0 unspecified atom stereocenters. The zero-order valence-electron chi connectivity index (χ0n) is 15.0. The molecule has 6 nitrogen and oxygen atoms in total. The van der Waals surface area contributed by atoms with Gasteiger partial charge in [-0.3, -0.25) is 9.79 Å². The number of nitrogens with zero attached hydrogens (tertiary/aromatic N) is 2. The summed E-state index contributed by atoms with van der Waals surface area (Å²) in [6.45, 7) is 2.09. The number of imidazole rings is 1. The van der Waals surface area contributed by atoms with Crippen molar-refractivity contribution in [2.24, 2.45) is 0 Å². The molecule has 148 valence electrons. The van der Waals surface area contributed by atoms with Crippen molar-refractivity contribution in [1.82, 2.24) is 9.97 Å². The molecule has 1 amide bonds. The summed E-state index contributed by atoms with van der Waals surface area (Å²) < 4.78 is 38.6. The van der Waals surface area contributed by atoms with Crippen molar-refractivity contribution in [3.63, 3.8) is 0 Å². The highest BCUT2D eigenvalue weighted by atomic mass is 19.4. The van der Waals surface area contributed by atoms with Crippen LogP contribution in [0.4, 0.5) is 23.7 Å². The van der Waals surface area contributed by atoms with Crippen LogP contribution in [0.25, 0.3) is 11.0 Å². The van der Waals surface area contributed by atoms with E-state index in [1.165, 1.54) is 23.1 Å². The van der Waals surface area contributed by atoms with Gasteiger partial charge in [-0.25, -0.2) is 9.78 Å². The minimum atomic E-state index is -4.58. The second-order valence-corrected chi connectivity index (χ2v) is 5.93. The minimum Gasteiger partial charge on any atom is -0.334 e. The molecule has 1 N–H and O–H groups in total. The summed E-state index contributed by atoms with van der Waals surface area (Å²) in [7, 11) is 0. The third-order valence-corrected chi connectivity index (χ3v) is 3.98. The monoisotopic (exact) mass is 393 g/mol. The first-order valence-electron chi connectivity index (χ1n) is 8.60. The standard InChI is InChI=1S/C19H18F3N3O3/c1-2-27-28-18(26)25(11-10-13-6-4-3-5-7-13)14-8-9-15-16(12-14)24-17(23-15)19(20,21)22/h3-9,12H,2,10-11H2,1H3,(H,23,24). The number of nitrogens with one attached hydrogen (secondary N) is 1. The smallest absolute Gasteiger partial charge is 0.334 e. The molecule has 3 aromatic rings. The van der Waals surface area contributed by atoms with E-state index in [1.807, 2.05) is 30.3 Å². The summed E-state index contributed by atoms with van der Waals surface area (Å²) in [5.74, 6) is -1.09. The SMILES string of the molecule is CCOOC(=O)N(CCc1ccccc1)c1ccc2nc(C(F)(F)F)[nH]c2c1. The number of carbonyl (C=O) groups is 1. The van der Waals surface area contributed by atoms with Gasteiger partial charge in [0.05, 0.1) is 17.6 Å². The minimum absolute atomic E-state index is 0.150. The lowest BCUT2D eigenvalue weighted by atomic mass is 10.1. The highest BCUT2D eigenvalue weighted by molar-refractivity contribution is 5.90. The Bertz CT molecular complexity index is 942. The first-order chi connectivity index (χ1) is 13.4. The number of benzene rings is 2. The van der Waals surface area contributed by atoms with Gasteiger partial charge in [0.2, 0.25) is 5.82 Å². The molecule has 0 aliphatic rings. The number of aromatic amines is 1. The van der Waals surface area contributed by atoms with Gasteiger partial charge in [0.25, 0.3) is 0 Å². The molecular weight excluding hydrogens is 375 g/mol. The molecule has 0 spiro atoms. The molecular formula is C19H18F3N3O3. The summed E-state index contributed by atoms with van der Waals surface area (Å²) in [4.78, 5) is 28.9. The van der Waals surface area contributed by atoms with Gasteiger partial charge in [-0.05, 0) is 37.1 Å². The van der Waals surface area contributed by atoms with Gasteiger partial charge in [0.15, 0.2) is 0 Å². The molecule has 3 rings (SSSR count). The van der Waals surface area contributed by atoms with E-state index >= 15 is 0 Å². The fourth-order valence-corrected chi connectivity index (χ4v) is 2.67. The zero-order chi connectivity index (χ0) is 20.1. The van der Waals surface area contributed by atoms with E-state index in [9.17, 15) is 18.0 Å². The van der Waals surface area contributed by atoms with Crippen LogP contribution in [0.5, 0.6) is 0 Å². The molecule has 28 heavy (non-hydrogen) atoms.